The summed E-state index contributed by atoms with van der Waals surface area (Å²) >= 11 is 1.44. The average molecular weight is 969 g/mol. The fraction of sp³-hybridized carbons (Fsp3) is 0.444. The van der Waals surface area contributed by atoms with Crippen molar-refractivity contribution in [3.05, 3.63) is 111 Å². The summed E-state index contributed by atoms with van der Waals surface area (Å²) in [4.78, 5) is 70.2. The fourth-order valence-electron chi connectivity index (χ4n) is 11.0. The highest BCUT2D eigenvalue weighted by Gasteiger charge is 2.52. The van der Waals surface area contributed by atoms with E-state index in [1.165, 1.54) is 21.7 Å². The van der Waals surface area contributed by atoms with E-state index in [2.05, 4.69) is 59.3 Å². The summed E-state index contributed by atoms with van der Waals surface area (Å²) in [6.07, 6.45) is 6.67. The van der Waals surface area contributed by atoms with Gasteiger partial charge in [0.2, 0.25) is 11.8 Å². The van der Waals surface area contributed by atoms with Crippen LogP contribution in [0.4, 0.5) is 0 Å². The number of aromatic nitrogens is 3. The van der Waals surface area contributed by atoms with Crippen LogP contribution >= 0.6 is 11.8 Å². The van der Waals surface area contributed by atoms with Gasteiger partial charge in [0.05, 0.1) is 30.0 Å². The van der Waals surface area contributed by atoms with E-state index in [1.54, 1.807) is 44.9 Å². The van der Waals surface area contributed by atoms with Crippen LogP contribution in [0, 0.1) is 17.3 Å². The molecule has 6 heterocycles. The van der Waals surface area contributed by atoms with E-state index >= 15 is 4.79 Å². The topological polar surface area (TPSA) is 194 Å². The third-order valence-corrected chi connectivity index (χ3v) is 15.4. The number of hydrogen-bond acceptors (Lipinski definition) is 12. The predicted molar refractivity (Wildman–Crippen MR) is 270 cm³/mol. The van der Waals surface area contributed by atoms with Gasteiger partial charge in [0.25, 0.3) is 5.91 Å². The van der Waals surface area contributed by atoms with Gasteiger partial charge in [-0.25, -0.2) is 10.2 Å². The zero-order chi connectivity index (χ0) is 49.8. The summed E-state index contributed by atoms with van der Waals surface area (Å²) in [5.74, 6) is -2.72. The normalized spacial score (nSPS) is 23.0. The second kappa shape index (κ2) is 19.3. The number of esters is 1. The Bertz CT molecular complexity index is 2910. The number of cyclic esters (lactones) is 1. The van der Waals surface area contributed by atoms with Crippen molar-refractivity contribution in [2.75, 3.05) is 27.3 Å². The van der Waals surface area contributed by atoms with Crippen LogP contribution in [0.25, 0.3) is 33.3 Å². The first-order valence-electron chi connectivity index (χ1n) is 24.3. The predicted octanol–water partition coefficient (Wildman–Crippen LogP) is 7.16. The third kappa shape index (κ3) is 9.10. The number of aryl methyl sites for hydroxylation is 1. The van der Waals surface area contributed by atoms with E-state index in [1.807, 2.05) is 50.4 Å². The molecular formula is C54H64N8O7S. The Balaban J connectivity index is 1.14. The molecule has 1 fully saturated rings. The van der Waals surface area contributed by atoms with Crippen molar-refractivity contribution in [1.82, 2.24) is 35.2 Å². The van der Waals surface area contributed by atoms with Crippen molar-refractivity contribution < 1.29 is 33.8 Å². The molecule has 0 radical (unpaired) electrons. The number of nitrogens with zero attached hydrogens (tertiary/aromatic N) is 5. The number of methoxy groups -OCH3 is 1. The van der Waals surface area contributed by atoms with Crippen LogP contribution in [0.1, 0.15) is 94.5 Å². The number of hydrogen-bond donors (Lipinski definition) is 4. The number of fused-ring (bicyclic) bond motifs is 7. The van der Waals surface area contributed by atoms with E-state index in [0.717, 1.165) is 60.6 Å². The standard InChI is InChI=1S/C54H64N8O7S/c1-9-61-43-14-13-33-24-39(43)41(48(61)38-12-10-17-57-46(38)31(4)68-8)26-53(5,6)29-69-52(67)54(44-28-70-44)16-11-19-62(59-54)51(66)42(22-32-20-34(33)23-36(63)21-32)58-49(64)47(30(2)3)60(7)50(65)40-25-35-27-56-18-15-37(35)45(40)55/h10,12-15,17-18,20-21,23-24,27-28,30-31,40,42,45,47,59,63H,9,11,16,19,22,25-26,29,55H2,1-8H3,(H,58,64)/t31-,40-,42-,45+,47-,54-/m0/s1. The molecule has 15 nitrogen and oxygen atoms in total. The molecule has 70 heavy (non-hydrogen) atoms. The zero-order valence-corrected chi connectivity index (χ0v) is 42.1. The van der Waals surface area contributed by atoms with Gasteiger partial charge in [0.15, 0.2) is 5.54 Å². The van der Waals surface area contributed by atoms with Gasteiger partial charge in [-0.05, 0) is 127 Å². The lowest BCUT2D eigenvalue weighted by Crippen LogP contribution is -2.67. The zero-order valence-electron chi connectivity index (χ0n) is 41.2. The minimum absolute atomic E-state index is 0.00806. The van der Waals surface area contributed by atoms with Crippen molar-refractivity contribution in [2.45, 2.75) is 110 Å². The molecular weight excluding hydrogens is 905 g/mol. The van der Waals surface area contributed by atoms with E-state index in [-0.39, 0.29) is 43.3 Å². The molecule has 6 bridgehead atoms. The molecule has 368 valence electrons. The Morgan fingerprint density at radius 3 is 2.59 bits per heavy atom. The summed E-state index contributed by atoms with van der Waals surface area (Å²) in [5.41, 5.74) is 16.8. The number of amides is 3. The smallest absolute Gasteiger partial charge is 0.333 e. The van der Waals surface area contributed by atoms with Crippen molar-refractivity contribution >= 4 is 46.4 Å². The Kier molecular flexibility index (Phi) is 13.5. The van der Waals surface area contributed by atoms with Gasteiger partial charge in [0, 0.05) is 85.1 Å². The first kappa shape index (κ1) is 48.9. The minimum atomic E-state index is -1.33. The lowest BCUT2D eigenvalue weighted by Gasteiger charge is -2.42. The lowest BCUT2D eigenvalue weighted by atomic mass is 9.83. The van der Waals surface area contributed by atoms with Crippen LogP contribution in [0.3, 0.4) is 0 Å². The number of ether oxygens (including phenoxy) is 2. The molecule has 3 aromatic heterocycles. The molecule has 2 aromatic carbocycles. The number of nitrogens with two attached hydrogens (primary N) is 1. The van der Waals surface area contributed by atoms with Crippen LogP contribution in [-0.4, -0.2) is 98.2 Å². The summed E-state index contributed by atoms with van der Waals surface area (Å²) in [7, 11) is 3.29. The number of nitrogens with one attached hydrogen (secondary N) is 2. The SMILES string of the molecule is CCn1c(-c2cccnc2[C@H](C)OC)c2c3cc(ccc31)-c1cc(O)cc(c1)C[C@H](NC(=O)[C@H](C(C)C)N(C)C(=O)[C@H]1Cc3cnccc3[C@H]1N)C(=O)N1CCC[C@@](C3=CS3)(N1)C(=O)OCC(C)(C)C2. The molecule has 0 saturated carbocycles. The number of likely N-dealkylation sites (N-methyl/N-ethyl adjacent to an activating group) is 1. The van der Waals surface area contributed by atoms with E-state index in [0.29, 0.717) is 37.8 Å². The van der Waals surface area contributed by atoms with Crippen molar-refractivity contribution in [2.24, 2.45) is 23.0 Å². The Hall–Kier alpha value is -6.07. The lowest BCUT2D eigenvalue weighted by molar-refractivity contribution is -0.160. The Morgan fingerprint density at radius 2 is 1.87 bits per heavy atom. The van der Waals surface area contributed by atoms with Gasteiger partial charge in [-0.1, -0.05) is 51.6 Å². The number of rotatable bonds is 10. The number of thioether (sulfide) groups is 1. The first-order valence-corrected chi connectivity index (χ1v) is 25.2. The Morgan fingerprint density at radius 1 is 1.09 bits per heavy atom. The summed E-state index contributed by atoms with van der Waals surface area (Å²) in [6, 6.07) is 14.7. The van der Waals surface area contributed by atoms with Gasteiger partial charge in [0.1, 0.15) is 17.8 Å². The third-order valence-electron chi connectivity index (χ3n) is 14.6. The number of pyridine rings is 2. The molecule has 16 heteroatoms. The van der Waals surface area contributed by atoms with E-state index in [9.17, 15) is 19.5 Å². The molecule has 3 amide bonds. The van der Waals surface area contributed by atoms with Crippen LogP contribution < -0.4 is 16.5 Å². The number of carbonyl (C=O) groups is 4. The number of benzene rings is 2. The molecule has 1 aliphatic carbocycles. The quantitative estimate of drug-likeness (QED) is 0.103. The second-order valence-electron chi connectivity index (χ2n) is 20.4. The first-order chi connectivity index (χ1) is 33.4. The maximum atomic E-state index is 15.1. The fourth-order valence-corrected chi connectivity index (χ4v) is 11.7. The maximum Gasteiger partial charge on any atom is 0.333 e. The second-order valence-corrected chi connectivity index (χ2v) is 21.4. The Labute approximate surface area is 413 Å². The van der Waals surface area contributed by atoms with Crippen LogP contribution in [0.15, 0.2) is 83.5 Å². The van der Waals surface area contributed by atoms with Gasteiger partial charge in [-0.2, -0.15) is 0 Å². The van der Waals surface area contributed by atoms with Crippen LogP contribution in [0.5, 0.6) is 5.75 Å². The van der Waals surface area contributed by atoms with Crippen molar-refractivity contribution in [3.8, 4) is 28.1 Å². The van der Waals surface area contributed by atoms with Gasteiger partial charge in [-0.3, -0.25) is 29.4 Å². The number of aromatic hydroxyl groups is 1. The van der Waals surface area contributed by atoms with Crippen LogP contribution in [-0.2, 0) is 54.5 Å². The molecule has 4 aliphatic rings. The number of carbonyl (C=O) groups excluding carboxylic acids is 4. The molecule has 0 spiro atoms. The van der Waals surface area contributed by atoms with Crippen molar-refractivity contribution in [1.29, 1.82) is 0 Å². The number of phenolic OH excluding ortho intramolecular Hbond substituents is 1. The monoisotopic (exact) mass is 968 g/mol. The minimum Gasteiger partial charge on any atom is -0.508 e. The highest BCUT2D eigenvalue weighted by molar-refractivity contribution is 8.12. The molecule has 0 unspecified atom stereocenters. The van der Waals surface area contributed by atoms with E-state index in [4.69, 9.17) is 20.2 Å². The van der Waals surface area contributed by atoms with Gasteiger partial charge >= 0.3 is 5.97 Å². The summed E-state index contributed by atoms with van der Waals surface area (Å²) in [5, 5.41) is 18.8. The number of phenols is 1. The largest absolute Gasteiger partial charge is 0.508 e. The molecule has 1 saturated heterocycles. The summed E-state index contributed by atoms with van der Waals surface area (Å²) in [6.45, 7) is 13.0. The number of hydrazine groups is 1. The molecule has 5 N–H and O–H groups in total. The van der Waals surface area contributed by atoms with E-state index < -0.39 is 52.8 Å². The highest BCUT2D eigenvalue weighted by Crippen LogP contribution is 2.48. The molecule has 9 rings (SSSR count). The summed E-state index contributed by atoms with van der Waals surface area (Å²) < 4.78 is 14.5. The van der Waals surface area contributed by atoms with Crippen molar-refractivity contribution in [3.63, 3.8) is 0 Å². The maximum absolute atomic E-state index is 15.1. The van der Waals surface area contributed by atoms with Crippen LogP contribution in [0.2, 0.25) is 0 Å². The van der Waals surface area contributed by atoms with Gasteiger partial charge in [-0.15, -0.1) is 0 Å². The average Bonchev–Trinajstić information content (AvgIpc) is 4.10. The molecule has 5 aromatic rings. The molecule has 6 atom stereocenters. The molecule has 3 aliphatic heterocycles. The van der Waals surface area contributed by atoms with Gasteiger partial charge < -0.3 is 35.1 Å². The highest BCUT2D eigenvalue weighted by atomic mass is 32.2.